The molecule has 5 nitrogen and oxygen atoms in total. The monoisotopic (exact) mass is 417 g/mol. The second-order valence-electron chi connectivity index (χ2n) is 8.47. The molecule has 0 saturated carbocycles. The molecule has 5 heteroatoms. The molecule has 31 heavy (non-hydrogen) atoms. The van der Waals surface area contributed by atoms with E-state index in [4.69, 9.17) is 4.74 Å². The molecule has 2 atom stereocenters. The third-order valence-electron chi connectivity index (χ3n) is 5.89. The van der Waals surface area contributed by atoms with Gasteiger partial charge in [0.05, 0.1) is 11.7 Å². The highest BCUT2D eigenvalue weighted by atomic mass is 16.5. The largest absolute Gasteiger partial charge is 0.508 e. The van der Waals surface area contributed by atoms with Crippen molar-refractivity contribution in [2.45, 2.75) is 51.6 Å². The van der Waals surface area contributed by atoms with E-state index in [0.29, 0.717) is 29.7 Å². The number of ether oxygens (including phenoxy) is 1. The first-order valence-corrected chi connectivity index (χ1v) is 10.6. The minimum atomic E-state index is -0.521. The molecular formula is C26H27NO4. The van der Waals surface area contributed by atoms with Gasteiger partial charge in [0.25, 0.3) is 0 Å². The number of esters is 1. The highest BCUT2D eigenvalue weighted by molar-refractivity contribution is 6.04. The van der Waals surface area contributed by atoms with Gasteiger partial charge in [-0.15, -0.1) is 0 Å². The fourth-order valence-electron chi connectivity index (χ4n) is 4.55. The number of hydrogen-bond donors (Lipinski definition) is 2. The van der Waals surface area contributed by atoms with Crippen molar-refractivity contribution in [1.82, 2.24) is 5.32 Å². The van der Waals surface area contributed by atoms with Gasteiger partial charge >= 0.3 is 5.97 Å². The third-order valence-corrected chi connectivity index (χ3v) is 5.89. The Labute approximate surface area is 182 Å². The number of nitrogens with one attached hydrogen (secondary N) is 1. The normalized spacial score (nSPS) is 21.1. The standard InChI is InChI=1S/C26H27NO4/c1-15(2)31-26(30)23-16(3)27-21-13-19(17-7-5-4-6-8-17)14-22(29)25(21)24(23)18-9-11-20(28)12-10-18/h4-12,15,19,24,27-28H,13-14H2,1-3H3/t19-,24+/m1/s1. The second kappa shape index (κ2) is 8.42. The van der Waals surface area contributed by atoms with Crippen molar-refractivity contribution in [3.8, 4) is 5.75 Å². The lowest BCUT2D eigenvalue weighted by Crippen LogP contribution is -2.36. The van der Waals surface area contributed by atoms with Gasteiger partial charge in [-0.25, -0.2) is 4.79 Å². The Morgan fingerprint density at radius 1 is 1.03 bits per heavy atom. The van der Waals surface area contributed by atoms with Gasteiger partial charge in [-0.2, -0.15) is 0 Å². The zero-order valence-corrected chi connectivity index (χ0v) is 18.0. The lowest BCUT2D eigenvalue weighted by atomic mass is 9.71. The number of aromatic hydroxyl groups is 1. The lowest BCUT2D eigenvalue weighted by molar-refractivity contribution is -0.143. The fourth-order valence-corrected chi connectivity index (χ4v) is 4.55. The summed E-state index contributed by atoms with van der Waals surface area (Å²) in [4.78, 5) is 26.5. The van der Waals surface area contributed by atoms with Crippen molar-refractivity contribution < 1.29 is 19.4 Å². The molecule has 2 aromatic carbocycles. The molecule has 4 rings (SSSR count). The first-order valence-electron chi connectivity index (χ1n) is 10.6. The Morgan fingerprint density at radius 3 is 2.35 bits per heavy atom. The molecule has 0 saturated heterocycles. The SMILES string of the molecule is CC1=C(C(=O)OC(C)C)[C@H](c2ccc(O)cc2)C2=C(C[C@@H](c3ccccc3)CC2=O)N1. The third kappa shape index (κ3) is 4.13. The molecule has 1 heterocycles. The van der Waals surface area contributed by atoms with Crippen molar-refractivity contribution in [1.29, 1.82) is 0 Å². The van der Waals surface area contributed by atoms with E-state index in [1.807, 2.05) is 25.1 Å². The van der Waals surface area contributed by atoms with Crippen molar-refractivity contribution >= 4 is 11.8 Å². The average molecular weight is 418 g/mol. The van der Waals surface area contributed by atoms with Gasteiger partial charge in [-0.3, -0.25) is 4.79 Å². The summed E-state index contributed by atoms with van der Waals surface area (Å²) in [6.45, 7) is 5.46. The van der Waals surface area contributed by atoms with Crippen LogP contribution in [0.5, 0.6) is 5.75 Å². The summed E-state index contributed by atoms with van der Waals surface area (Å²) >= 11 is 0. The lowest BCUT2D eigenvalue weighted by Gasteiger charge is -2.37. The zero-order valence-electron chi connectivity index (χ0n) is 18.0. The van der Waals surface area contributed by atoms with E-state index < -0.39 is 11.9 Å². The van der Waals surface area contributed by atoms with Crippen molar-refractivity contribution in [2.75, 3.05) is 0 Å². The van der Waals surface area contributed by atoms with Gasteiger partial charge in [0.15, 0.2) is 5.78 Å². The summed E-state index contributed by atoms with van der Waals surface area (Å²) in [5.74, 6) is -0.687. The fraction of sp³-hybridized carbons (Fsp3) is 0.308. The summed E-state index contributed by atoms with van der Waals surface area (Å²) in [5.41, 5.74) is 4.56. The molecule has 2 aromatic rings. The molecule has 0 bridgehead atoms. The Bertz CT molecular complexity index is 1060. The van der Waals surface area contributed by atoms with Gasteiger partial charge in [-0.1, -0.05) is 42.5 Å². The highest BCUT2D eigenvalue weighted by Gasteiger charge is 2.41. The van der Waals surface area contributed by atoms with E-state index in [-0.39, 0.29) is 23.6 Å². The maximum Gasteiger partial charge on any atom is 0.337 e. The number of ketones is 1. The number of dihydropyridines is 1. The van der Waals surface area contributed by atoms with Crippen molar-refractivity contribution in [3.05, 3.63) is 88.3 Å². The van der Waals surface area contributed by atoms with Crippen LogP contribution in [0.2, 0.25) is 0 Å². The quantitative estimate of drug-likeness (QED) is 0.705. The van der Waals surface area contributed by atoms with Gasteiger partial charge in [0.1, 0.15) is 5.75 Å². The topological polar surface area (TPSA) is 75.6 Å². The minimum Gasteiger partial charge on any atom is -0.508 e. The van der Waals surface area contributed by atoms with Gasteiger partial charge < -0.3 is 15.2 Å². The molecule has 160 valence electrons. The van der Waals surface area contributed by atoms with Crippen LogP contribution < -0.4 is 5.32 Å². The number of carbonyl (C=O) groups is 2. The molecule has 0 radical (unpaired) electrons. The molecule has 0 aromatic heterocycles. The molecule has 0 amide bonds. The number of Topliss-reactive ketones (excluding diaryl/α,β-unsaturated/α-hetero) is 1. The van der Waals surface area contributed by atoms with Crippen molar-refractivity contribution in [3.63, 3.8) is 0 Å². The second-order valence-corrected chi connectivity index (χ2v) is 8.47. The van der Waals surface area contributed by atoms with E-state index in [1.54, 1.807) is 38.1 Å². The van der Waals surface area contributed by atoms with Crippen LogP contribution in [-0.4, -0.2) is 23.0 Å². The van der Waals surface area contributed by atoms with Crippen LogP contribution in [0.3, 0.4) is 0 Å². The molecule has 0 spiro atoms. The van der Waals surface area contributed by atoms with E-state index in [9.17, 15) is 14.7 Å². The minimum absolute atomic E-state index is 0.0306. The Kier molecular flexibility index (Phi) is 5.68. The summed E-state index contributed by atoms with van der Waals surface area (Å²) in [7, 11) is 0. The van der Waals surface area contributed by atoms with Crippen LogP contribution >= 0.6 is 0 Å². The summed E-state index contributed by atoms with van der Waals surface area (Å²) in [6, 6.07) is 16.8. The predicted molar refractivity (Wildman–Crippen MR) is 118 cm³/mol. The van der Waals surface area contributed by atoms with E-state index >= 15 is 0 Å². The van der Waals surface area contributed by atoms with Gasteiger partial charge in [0, 0.05) is 29.3 Å². The maximum atomic E-state index is 13.4. The highest BCUT2D eigenvalue weighted by Crippen LogP contribution is 2.45. The first kappa shape index (κ1) is 20.9. The van der Waals surface area contributed by atoms with E-state index in [0.717, 1.165) is 16.8 Å². The number of rotatable bonds is 4. The van der Waals surface area contributed by atoms with Gasteiger partial charge in [0.2, 0.25) is 0 Å². The number of benzene rings is 2. The number of allylic oxidation sites excluding steroid dienone is 3. The van der Waals surface area contributed by atoms with E-state index in [2.05, 4.69) is 17.4 Å². The van der Waals surface area contributed by atoms with E-state index in [1.165, 1.54) is 0 Å². The van der Waals surface area contributed by atoms with Gasteiger partial charge in [-0.05, 0) is 56.4 Å². The molecule has 1 aliphatic heterocycles. The first-order chi connectivity index (χ1) is 14.8. The van der Waals surface area contributed by atoms with Crippen LogP contribution in [0.15, 0.2) is 77.1 Å². The van der Waals surface area contributed by atoms with Crippen LogP contribution in [0.1, 0.15) is 56.6 Å². The molecule has 2 aliphatic rings. The van der Waals surface area contributed by atoms with Crippen LogP contribution in [0, 0.1) is 0 Å². The van der Waals surface area contributed by atoms with Crippen molar-refractivity contribution in [2.24, 2.45) is 0 Å². The molecule has 0 unspecified atom stereocenters. The van der Waals surface area contributed by atoms with Crippen LogP contribution in [0.25, 0.3) is 0 Å². The number of carbonyl (C=O) groups excluding carboxylic acids is 2. The predicted octanol–water partition coefficient (Wildman–Crippen LogP) is 4.71. The number of phenolic OH excluding ortho intramolecular Hbond substituents is 1. The molecular weight excluding hydrogens is 390 g/mol. The average Bonchev–Trinajstić information content (AvgIpc) is 2.73. The Hall–Kier alpha value is -3.34. The summed E-state index contributed by atoms with van der Waals surface area (Å²) in [6.07, 6.45) is 0.821. The van der Waals surface area contributed by atoms with Crippen LogP contribution in [0.4, 0.5) is 0 Å². The van der Waals surface area contributed by atoms with Crippen LogP contribution in [-0.2, 0) is 14.3 Å². The Balaban J connectivity index is 1.79. The smallest absolute Gasteiger partial charge is 0.337 e. The maximum absolute atomic E-state index is 13.4. The molecule has 2 N–H and O–H groups in total. The molecule has 0 fully saturated rings. The number of phenols is 1. The Morgan fingerprint density at radius 2 is 1.71 bits per heavy atom. The molecule has 1 aliphatic carbocycles. The zero-order chi connectivity index (χ0) is 22.1. The summed E-state index contributed by atoms with van der Waals surface area (Å²) in [5, 5.41) is 13.1. The number of hydrogen-bond acceptors (Lipinski definition) is 5. The summed E-state index contributed by atoms with van der Waals surface area (Å²) < 4.78 is 5.52.